The van der Waals surface area contributed by atoms with Crippen LogP contribution in [0, 0.1) is 0 Å². The van der Waals surface area contributed by atoms with E-state index in [1.807, 2.05) is 42.5 Å². The summed E-state index contributed by atoms with van der Waals surface area (Å²) in [6.45, 7) is 4.25. The first-order chi connectivity index (χ1) is 16.5. The fourth-order valence-electron chi connectivity index (χ4n) is 4.28. The Bertz CT molecular complexity index is 1400. The van der Waals surface area contributed by atoms with Crippen molar-refractivity contribution in [2.75, 3.05) is 5.32 Å². The van der Waals surface area contributed by atoms with E-state index in [4.69, 9.17) is 5.73 Å². The Morgan fingerprint density at radius 1 is 0.971 bits per heavy atom. The molecule has 1 amide bonds. The number of hydrogen-bond donors (Lipinski definition) is 2. The van der Waals surface area contributed by atoms with E-state index in [1.165, 1.54) is 17.7 Å². The van der Waals surface area contributed by atoms with E-state index in [0.717, 1.165) is 34.3 Å². The Labute approximate surface area is 201 Å². The van der Waals surface area contributed by atoms with Crippen LogP contribution >= 0.6 is 0 Å². The second-order valence-corrected chi connectivity index (χ2v) is 9.57. The van der Waals surface area contributed by atoms with E-state index < -0.39 is 17.3 Å². The molecule has 0 spiro atoms. The third-order valence-corrected chi connectivity index (χ3v) is 6.65. The van der Waals surface area contributed by atoms with Crippen LogP contribution in [0.3, 0.4) is 0 Å². The summed E-state index contributed by atoms with van der Waals surface area (Å²) >= 11 is 0. The van der Waals surface area contributed by atoms with E-state index in [1.54, 1.807) is 0 Å². The number of anilines is 1. The average molecular weight is 478 g/mol. The van der Waals surface area contributed by atoms with Crippen molar-refractivity contribution in [1.29, 1.82) is 0 Å². The van der Waals surface area contributed by atoms with E-state index in [0.29, 0.717) is 24.1 Å². The summed E-state index contributed by atoms with van der Waals surface area (Å²) in [6.07, 6.45) is -0.867. The molecule has 7 heteroatoms. The Kier molecular flexibility index (Phi) is 5.48. The summed E-state index contributed by atoms with van der Waals surface area (Å²) in [5.41, 5.74) is 9.85. The predicted octanol–water partition coefficient (Wildman–Crippen LogP) is 6.87. The minimum Gasteiger partial charge on any atom is -0.324 e. The van der Waals surface area contributed by atoms with E-state index in [2.05, 4.69) is 29.9 Å². The summed E-state index contributed by atoms with van der Waals surface area (Å²) in [7, 11) is 0. The number of nitrogens with zero attached hydrogens (tertiary/aromatic N) is 1. The molecule has 180 valence electrons. The summed E-state index contributed by atoms with van der Waals surface area (Å²) in [4.78, 5) is 12.2. The summed E-state index contributed by atoms with van der Waals surface area (Å²) in [5, 5.41) is 3.97. The molecule has 0 saturated heterocycles. The minimum absolute atomic E-state index is 0.167. The maximum absolute atomic E-state index is 13.0. The van der Waals surface area contributed by atoms with Gasteiger partial charge in [0.05, 0.1) is 16.6 Å². The summed E-state index contributed by atoms with van der Waals surface area (Å²) in [5.74, 6) is 0.119. The van der Waals surface area contributed by atoms with Gasteiger partial charge in [0.25, 0.3) is 0 Å². The van der Waals surface area contributed by atoms with Crippen LogP contribution in [0.25, 0.3) is 27.7 Å². The van der Waals surface area contributed by atoms with Gasteiger partial charge in [-0.25, -0.2) is 0 Å². The highest BCUT2D eigenvalue weighted by Gasteiger charge is 2.45. The molecule has 35 heavy (non-hydrogen) atoms. The topological polar surface area (TPSA) is 60.0 Å². The van der Waals surface area contributed by atoms with Crippen LogP contribution in [0.15, 0.2) is 72.9 Å². The molecule has 0 unspecified atom stereocenters. The Morgan fingerprint density at radius 3 is 2.17 bits per heavy atom. The average Bonchev–Trinajstić information content (AvgIpc) is 3.47. The Morgan fingerprint density at radius 2 is 1.60 bits per heavy atom. The molecule has 1 aliphatic rings. The largest absolute Gasteiger partial charge is 0.416 e. The third kappa shape index (κ3) is 4.44. The van der Waals surface area contributed by atoms with Crippen molar-refractivity contribution >= 4 is 22.5 Å². The molecule has 3 N–H and O–H groups in total. The molecule has 0 aliphatic heterocycles. The van der Waals surface area contributed by atoms with Crippen LogP contribution in [-0.4, -0.2) is 16.0 Å². The molecule has 1 saturated carbocycles. The van der Waals surface area contributed by atoms with Crippen molar-refractivity contribution in [2.45, 2.75) is 44.3 Å². The van der Waals surface area contributed by atoms with E-state index in [9.17, 15) is 18.0 Å². The maximum atomic E-state index is 13.0. The van der Waals surface area contributed by atoms with Gasteiger partial charge in [-0.1, -0.05) is 38.1 Å². The lowest BCUT2D eigenvalue weighted by Crippen LogP contribution is -2.37. The summed E-state index contributed by atoms with van der Waals surface area (Å²) < 4.78 is 41.0. The van der Waals surface area contributed by atoms with Gasteiger partial charge >= 0.3 is 6.18 Å². The number of fused-ring (bicyclic) bond motifs is 1. The number of halogens is 3. The van der Waals surface area contributed by atoms with Crippen LogP contribution in [-0.2, 0) is 11.0 Å². The number of hydrogen-bond acceptors (Lipinski definition) is 2. The van der Waals surface area contributed by atoms with Gasteiger partial charge in [0.2, 0.25) is 5.91 Å². The first-order valence-electron chi connectivity index (χ1n) is 11.6. The van der Waals surface area contributed by atoms with Gasteiger partial charge in [-0.05, 0) is 77.9 Å². The third-order valence-electron chi connectivity index (χ3n) is 6.65. The van der Waals surface area contributed by atoms with Crippen LogP contribution in [0.4, 0.5) is 18.9 Å². The standard InChI is InChI=1S/C28H26F3N3O/c1-17(2)24-16-34(22-10-8-21(9-11-22)33-26(35)27(32)13-14-27)25-15-19(5-12-23(24)25)18-3-6-20(7-4-18)28(29,30)31/h3-12,15-17H,13-14,32H2,1-2H3,(H,33,35). The number of amides is 1. The molecule has 1 aliphatic carbocycles. The molecule has 0 atom stereocenters. The van der Waals surface area contributed by atoms with Crippen LogP contribution in [0.1, 0.15) is 43.7 Å². The van der Waals surface area contributed by atoms with Crippen LogP contribution in [0.2, 0.25) is 0 Å². The highest BCUT2D eigenvalue weighted by molar-refractivity contribution is 6.00. The number of rotatable bonds is 5. The lowest BCUT2D eigenvalue weighted by Gasteiger charge is -2.12. The molecule has 4 nitrogen and oxygen atoms in total. The SMILES string of the molecule is CC(C)c1cn(-c2ccc(NC(=O)C3(N)CC3)cc2)c2cc(-c3ccc(C(F)(F)F)cc3)ccc12. The molecule has 1 fully saturated rings. The van der Waals surface area contributed by atoms with Gasteiger partial charge in [0, 0.05) is 23.0 Å². The monoisotopic (exact) mass is 477 g/mol. The zero-order valence-electron chi connectivity index (χ0n) is 19.5. The smallest absolute Gasteiger partial charge is 0.324 e. The number of aromatic nitrogens is 1. The molecular formula is C28H26F3N3O. The Hall–Kier alpha value is -3.58. The molecule has 0 radical (unpaired) electrons. The van der Waals surface area contributed by atoms with Crippen molar-refractivity contribution in [3.63, 3.8) is 0 Å². The lowest BCUT2D eigenvalue weighted by molar-refractivity contribution is -0.137. The van der Waals surface area contributed by atoms with Gasteiger partial charge in [-0.3, -0.25) is 4.79 Å². The number of nitrogens with two attached hydrogens (primary N) is 1. The fraction of sp³-hybridized carbons (Fsp3) is 0.250. The molecule has 1 aromatic heterocycles. The van der Waals surface area contributed by atoms with Gasteiger partial charge < -0.3 is 15.6 Å². The molecule has 3 aromatic carbocycles. The molecule has 1 heterocycles. The highest BCUT2D eigenvalue weighted by atomic mass is 19.4. The quantitative estimate of drug-likeness (QED) is 0.330. The first kappa shape index (κ1) is 23.2. The summed E-state index contributed by atoms with van der Waals surface area (Å²) in [6, 6.07) is 18.8. The normalized spacial score (nSPS) is 14.9. The maximum Gasteiger partial charge on any atom is 0.416 e. The number of benzene rings is 3. The van der Waals surface area contributed by atoms with Gasteiger partial charge in [-0.2, -0.15) is 13.2 Å². The molecule has 0 bridgehead atoms. The zero-order chi connectivity index (χ0) is 25.0. The first-order valence-corrected chi connectivity index (χ1v) is 11.6. The van der Waals surface area contributed by atoms with Crippen molar-refractivity contribution in [1.82, 2.24) is 4.57 Å². The number of carbonyl (C=O) groups excluding carboxylic acids is 1. The van der Waals surface area contributed by atoms with Gasteiger partial charge in [0.1, 0.15) is 0 Å². The van der Waals surface area contributed by atoms with Gasteiger partial charge in [0.15, 0.2) is 0 Å². The minimum atomic E-state index is -4.36. The van der Waals surface area contributed by atoms with Crippen molar-refractivity contribution < 1.29 is 18.0 Å². The number of alkyl halides is 3. The lowest BCUT2D eigenvalue weighted by atomic mass is 9.99. The molecule has 4 aromatic rings. The van der Waals surface area contributed by atoms with E-state index in [-0.39, 0.29) is 11.8 Å². The Balaban J connectivity index is 1.52. The van der Waals surface area contributed by atoms with E-state index >= 15 is 0 Å². The highest BCUT2D eigenvalue weighted by Crippen LogP contribution is 2.36. The number of carbonyl (C=O) groups is 1. The predicted molar refractivity (Wildman–Crippen MR) is 133 cm³/mol. The second-order valence-electron chi connectivity index (χ2n) is 9.57. The van der Waals surface area contributed by atoms with Crippen molar-refractivity contribution in [3.05, 3.63) is 84.1 Å². The van der Waals surface area contributed by atoms with Crippen LogP contribution < -0.4 is 11.1 Å². The van der Waals surface area contributed by atoms with Crippen LogP contribution in [0.5, 0.6) is 0 Å². The molecular weight excluding hydrogens is 451 g/mol. The fourth-order valence-corrected chi connectivity index (χ4v) is 4.28. The zero-order valence-corrected chi connectivity index (χ0v) is 19.5. The van der Waals surface area contributed by atoms with Crippen molar-refractivity contribution in [2.24, 2.45) is 5.73 Å². The van der Waals surface area contributed by atoms with Gasteiger partial charge in [-0.15, -0.1) is 0 Å². The van der Waals surface area contributed by atoms with Crippen molar-refractivity contribution in [3.8, 4) is 16.8 Å². The number of nitrogens with one attached hydrogen (secondary N) is 1. The second kappa shape index (κ2) is 8.27. The molecule has 5 rings (SSSR count).